The third kappa shape index (κ3) is 4.08. The summed E-state index contributed by atoms with van der Waals surface area (Å²) in [4.78, 5) is 13.1. The molecule has 2 aliphatic rings. The molecule has 0 aliphatic carbocycles. The maximum absolute atomic E-state index is 15.4. The van der Waals surface area contributed by atoms with E-state index in [9.17, 15) is 15.0 Å². The van der Waals surface area contributed by atoms with Crippen LogP contribution in [0.3, 0.4) is 0 Å². The number of carbonyl (C=O) groups excluding carboxylic acids is 1. The Morgan fingerprint density at radius 3 is 2.56 bits per heavy atom. The van der Waals surface area contributed by atoms with Gasteiger partial charge in [0.1, 0.15) is 18.8 Å². The Morgan fingerprint density at radius 1 is 1.30 bits per heavy atom. The lowest BCUT2D eigenvalue weighted by Crippen LogP contribution is -2.60. The van der Waals surface area contributed by atoms with Crippen LogP contribution >= 0.6 is 0 Å². The molecule has 7 nitrogen and oxygen atoms in total. The maximum Gasteiger partial charge on any atom is 0.412 e. The molecule has 0 radical (unpaired) electrons. The van der Waals surface area contributed by atoms with Gasteiger partial charge >= 0.3 is 6.09 Å². The second-order valence-electron chi connectivity index (χ2n) is 7.66. The largest absolute Gasteiger partial charge is 0.447 e. The van der Waals surface area contributed by atoms with Gasteiger partial charge in [0.05, 0.1) is 12.6 Å². The maximum atomic E-state index is 15.4. The molecule has 0 saturated carbocycles. The number of cyclic esters (lactones) is 1. The van der Waals surface area contributed by atoms with Crippen LogP contribution in [0, 0.1) is 0 Å². The summed E-state index contributed by atoms with van der Waals surface area (Å²) >= 11 is 0. The van der Waals surface area contributed by atoms with Crippen LogP contribution in [0.4, 0.5) is 9.18 Å². The van der Waals surface area contributed by atoms with E-state index in [1.54, 1.807) is 13.8 Å². The first-order valence-electron chi connectivity index (χ1n) is 8.97. The minimum atomic E-state index is -2.55. The molecule has 2 saturated heterocycles. The summed E-state index contributed by atoms with van der Waals surface area (Å²) in [6.45, 7) is 4.37. The van der Waals surface area contributed by atoms with Crippen molar-refractivity contribution in [3.63, 3.8) is 0 Å². The lowest BCUT2D eigenvalue weighted by molar-refractivity contribution is -0.191. The van der Waals surface area contributed by atoms with E-state index in [-0.39, 0.29) is 13.2 Å². The van der Waals surface area contributed by atoms with Crippen molar-refractivity contribution in [3.05, 3.63) is 35.9 Å². The molecule has 27 heavy (non-hydrogen) atoms. The molecule has 0 spiro atoms. The first kappa shape index (κ1) is 20.0. The summed E-state index contributed by atoms with van der Waals surface area (Å²) in [6.07, 6.45) is -4.98. The first-order valence-corrected chi connectivity index (χ1v) is 8.97. The number of amides is 1. The van der Waals surface area contributed by atoms with Crippen molar-refractivity contribution >= 4 is 6.09 Å². The van der Waals surface area contributed by atoms with Gasteiger partial charge in [-0.3, -0.25) is 4.90 Å². The molecule has 2 aliphatic heterocycles. The first-order chi connectivity index (χ1) is 12.6. The molecule has 150 valence electrons. The van der Waals surface area contributed by atoms with Crippen molar-refractivity contribution in [1.29, 1.82) is 0 Å². The summed E-state index contributed by atoms with van der Waals surface area (Å²) in [5.41, 5.74) is -1.62. The van der Waals surface area contributed by atoms with Gasteiger partial charge in [-0.15, -0.1) is 0 Å². The topological polar surface area (TPSA) is 88.5 Å². The Hall–Kier alpha value is -1.74. The molecule has 2 heterocycles. The number of benzene rings is 1. The normalized spacial score (nSPS) is 29.3. The Labute approximate surface area is 157 Å². The van der Waals surface area contributed by atoms with E-state index in [4.69, 9.17) is 14.2 Å². The van der Waals surface area contributed by atoms with Crippen LogP contribution in [0.5, 0.6) is 0 Å². The number of alkyl halides is 1. The zero-order chi connectivity index (χ0) is 19.8. The smallest absolute Gasteiger partial charge is 0.412 e. The summed E-state index contributed by atoms with van der Waals surface area (Å²) in [6, 6.07) is 8.79. The molecule has 5 unspecified atom stereocenters. The van der Waals surface area contributed by atoms with Crippen molar-refractivity contribution in [2.75, 3.05) is 13.2 Å². The highest BCUT2D eigenvalue weighted by Crippen LogP contribution is 2.34. The summed E-state index contributed by atoms with van der Waals surface area (Å²) in [5, 5.41) is 21.1. The second-order valence-corrected chi connectivity index (χ2v) is 7.66. The molecule has 1 aromatic rings. The lowest BCUT2D eigenvalue weighted by Gasteiger charge is -2.39. The molecular formula is C19H26FNO6. The Kier molecular flexibility index (Phi) is 5.45. The molecular weight excluding hydrogens is 357 g/mol. The Bertz CT molecular complexity index is 667. The van der Waals surface area contributed by atoms with Crippen molar-refractivity contribution in [3.8, 4) is 0 Å². The number of carbonyl (C=O) groups is 1. The highest BCUT2D eigenvalue weighted by Gasteiger charge is 2.54. The zero-order valence-corrected chi connectivity index (χ0v) is 15.7. The number of nitrogens with zero attached hydrogens (tertiary/aromatic N) is 1. The summed E-state index contributed by atoms with van der Waals surface area (Å²) < 4.78 is 31.3. The third-order valence-electron chi connectivity index (χ3n) is 5.05. The van der Waals surface area contributed by atoms with E-state index in [1.165, 1.54) is 0 Å². The molecule has 2 N–H and O–H groups in total. The number of hydrogen-bond acceptors (Lipinski definition) is 6. The van der Waals surface area contributed by atoms with Gasteiger partial charge in [-0.1, -0.05) is 30.3 Å². The van der Waals surface area contributed by atoms with E-state index >= 15 is 4.39 Å². The van der Waals surface area contributed by atoms with Crippen molar-refractivity contribution in [1.82, 2.24) is 4.90 Å². The van der Waals surface area contributed by atoms with Crippen LogP contribution in [0.1, 0.15) is 26.3 Å². The predicted octanol–water partition coefficient (Wildman–Crippen LogP) is 1.61. The molecule has 0 bridgehead atoms. The minimum Gasteiger partial charge on any atom is -0.447 e. The standard InChI is InChI=1S/C19H26FNO6/c1-18(2)26-11-14(27-18)15(22)19(3,20)16(23)21-13(10-25-17(21)24)9-12-7-5-4-6-8-12/h4-8,13-16,22-23H,9-11H2,1-3H3. The van der Waals surface area contributed by atoms with Gasteiger partial charge in [0, 0.05) is 0 Å². The SMILES string of the molecule is CC1(C)OCC(C(O)C(C)(F)C(O)N2C(=O)OCC2Cc2ccccc2)O1. The van der Waals surface area contributed by atoms with E-state index in [1.807, 2.05) is 30.3 Å². The fourth-order valence-electron chi connectivity index (χ4n) is 3.47. The van der Waals surface area contributed by atoms with Gasteiger partial charge < -0.3 is 24.4 Å². The van der Waals surface area contributed by atoms with Gasteiger partial charge in [0.2, 0.25) is 0 Å². The minimum absolute atomic E-state index is 0.0156. The Balaban J connectivity index is 1.74. The van der Waals surface area contributed by atoms with Crippen molar-refractivity contribution in [2.45, 2.75) is 63.1 Å². The van der Waals surface area contributed by atoms with Gasteiger partial charge in [-0.05, 0) is 32.8 Å². The van der Waals surface area contributed by atoms with Crippen LogP contribution in [0.2, 0.25) is 0 Å². The van der Waals surface area contributed by atoms with Crippen LogP contribution in [-0.4, -0.2) is 70.4 Å². The average molecular weight is 383 g/mol. The molecule has 0 aromatic heterocycles. The number of aliphatic hydroxyl groups is 2. The summed E-state index contributed by atoms with van der Waals surface area (Å²) in [7, 11) is 0. The van der Waals surface area contributed by atoms with Gasteiger partial charge in [0.25, 0.3) is 0 Å². The summed E-state index contributed by atoms with van der Waals surface area (Å²) in [5.74, 6) is -0.949. The average Bonchev–Trinajstić information content (AvgIpc) is 3.16. The number of rotatable bonds is 6. The molecule has 2 fully saturated rings. The van der Waals surface area contributed by atoms with Crippen LogP contribution in [-0.2, 0) is 20.6 Å². The fraction of sp³-hybridized carbons (Fsp3) is 0.632. The van der Waals surface area contributed by atoms with Crippen LogP contribution in [0.25, 0.3) is 0 Å². The number of ether oxygens (including phenoxy) is 3. The highest BCUT2D eigenvalue weighted by atomic mass is 19.1. The quantitative estimate of drug-likeness (QED) is 0.776. The molecule has 1 amide bonds. The fourth-order valence-corrected chi connectivity index (χ4v) is 3.47. The molecule has 1 aromatic carbocycles. The van der Waals surface area contributed by atoms with E-state index in [2.05, 4.69) is 0 Å². The van der Waals surface area contributed by atoms with E-state index < -0.39 is 42.0 Å². The van der Waals surface area contributed by atoms with Gasteiger partial charge in [0.15, 0.2) is 17.7 Å². The number of aliphatic hydroxyl groups excluding tert-OH is 2. The monoisotopic (exact) mass is 383 g/mol. The number of halogens is 1. The number of hydrogen-bond donors (Lipinski definition) is 2. The lowest BCUT2D eigenvalue weighted by atomic mass is 9.93. The van der Waals surface area contributed by atoms with Gasteiger partial charge in [-0.2, -0.15) is 0 Å². The van der Waals surface area contributed by atoms with Crippen LogP contribution in [0.15, 0.2) is 30.3 Å². The van der Waals surface area contributed by atoms with E-state index in [0.29, 0.717) is 6.42 Å². The second kappa shape index (κ2) is 7.35. The van der Waals surface area contributed by atoms with Gasteiger partial charge in [-0.25, -0.2) is 9.18 Å². The van der Waals surface area contributed by atoms with E-state index in [0.717, 1.165) is 17.4 Å². The molecule has 5 atom stereocenters. The van der Waals surface area contributed by atoms with Crippen molar-refractivity contribution in [2.24, 2.45) is 0 Å². The molecule has 8 heteroatoms. The zero-order valence-electron chi connectivity index (χ0n) is 15.7. The highest BCUT2D eigenvalue weighted by molar-refractivity contribution is 5.70. The van der Waals surface area contributed by atoms with Crippen LogP contribution < -0.4 is 0 Å². The third-order valence-corrected chi connectivity index (χ3v) is 5.05. The van der Waals surface area contributed by atoms with Crippen molar-refractivity contribution < 1.29 is 33.6 Å². The predicted molar refractivity (Wildman–Crippen MR) is 93.6 cm³/mol. The molecule has 3 rings (SSSR count). The Morgan fingerprint density at radius 2 is 1.96 bits per heavy atom.